The number of fused-ring (bicyclic) bond motifs is 2. The lowest BCUT2D eigenvalue weighted by molar-refractivity contribution is -0.156. The number of β-lactam (4-membered cyclic amide) rings is 1. The average Bonchev–Trinajstić information content (AvgIpc) is 3.95. The van der Waals surface area contributed by atoms with E-state index in [0.29, 0.717) is 11.8 Å². The highest BCUT2D eigenvalue weighted by Gasteiger charge is 2.57. The summed E-state index contributed by atoms with van der Waals surface area (Å²) in [6, 6.07) is 29.5. The van der Waals surface area contributed by atoms with Crippen LogP contribution < -0.4 is 10.6 Å². The van der Waals surface area contributed by atoms with Gasteiger partial charge in [0.1, 0.15) is 34.7 Å². The molecule has 0 saturated carbocycles. The van der Waals surface area contributed by atoms with Crippen molar-refractivity contribution < 1.29 is 24.3 Å². The van der Waals surface area contributed by atoms with E-state index in [4.69, 9.17) is 9.82 Å². The minimum absolute atomic E-state index is 0. The van der Waals surface area contributed by atoms with E-state index in [0.717, 1.165) is 27.4 Å². The number of thiazole rings is 1. The Morgan fingerprint density at radius 1 is 1.04 bits per heavy atom. The average molecular weight is 934 g/mol. The van der Waals surface area contributed by atoms with E-state index in [1.165, 1.54) is 28.0 Å². The highest BCUT2D eigenvalue weighted by atomic mass is 127. The number of allylic oxidation sites excluding steroid dienone is 1. The van der Waals surface area contributed by atoms with Gasteiger partial charge in [0.25, 0.3) is 5.91 Å². The van der Waals surface area contributed by atoms with Crippen molar-refractivity contribution in [1.29, 1.82) is 0 Å². The molecule has 3 N–H and O–H groups in total. The normalized spacial score (nSPS) is 21.5. The van der Waals surface area contributed by atoms with E-state index in [9.17, 15) is 19.5 Å². The molecule has 0 bridgehead atoms. The summed E-state index contributed by atoms with van der Waals surface area (Å²) >= 11 is 4.26. The third-order valence-corrected chi connectivity index (χ3v) is 13.4. The quantitative estimate of drug-likeness (QED) is 0.0444. The van der Waals surface area contributed by atoms with Crippen molar-refractivity contribution >= 4 is 87.5 Å². The van der Waals surface area contributed by atoms with Gasteiger partial charge in [0.15, 0.2) is 10.8 Å². The molecular formula is C41H40IN7O5S3. The maximum Gasteiger partial charge on any atom is 0.316 e. The first-order valence-electron chi connectivity index (χ1n) is 18.0. The molecule has 3 aromatic carbocycles. The number of carbonyl (C=O) groups excluding carboxylic acids is 2. The third-order valence-electron chi connectivity index (χ3n) is 10.1. The molecule has 4 aliphatic rings. The number of amides is 2. The van der Waals surface area contributed by atoms with Crippen LogP contribution in [0.15, 0.2) is 136 Å². The molecule has 4 aliphatic heterocycles. The largest absolute Gasteiger partial charge is 0.481 e. The summed E-state index contributed by atoms with van der Waals surface area (Å²) in [4.78, 5) is 56.2. The zero-order chi connectivity index (χ0) is 38.9. The molecule has 0 radical (unpaired) electrons. The van der Waals surface area contributed by atoms with Gasteiger partial charge in [-0.2, -0.15) is 0 Å². The number of oxime groups is 1. The van der Waals surface area contributed by atoms with Crippen LogP contribution in [0.1, 0.15) is 29.3 Å². The van der Waals surface area contributed by atoms with Crippen LogP contribution in [0.4, 0.5) is 5.13 Å². The van der Waals surface area contributed by atoms with E-state index >= 15 is 0 Å². The first-order valence-corrected chi connectivity index (χ1v) is 20.9. The van der Waals surface area contributed by atoms with Crippen molar-refractivity contribution in [2.75, 3.05) is 37.9 Å². The Bertz CT molecular complexity index is 2160. The highest BCUT2D eigenvalue weighted by Crippen LogP contribution is 2.45. The molecule has 1 unspecified atom stereocenters. The van der Waals surface area contributed by atoms with Crippen LogP contribution in [-0.2, 0) is 24.8 Å². The molecule has 8 rings (SSSR count). The monoisotopic (exact) mass is 933 g/mol. The second kappa shape index (κ2) is 17.0. The minimum Gasteiger partial charge on any atom is -0.481 e. The number of aliphatic carboxylic acids is 1. The highest BCUT2D eigenvalue weighted by molar-refractivity contribution is 14.0. The molecule has 1 aromatic heterocycles. The van der Waals surface area contributed by atoms with Crippen molar-refractivity contribution in [3.63, 3.8) is 0 Å². The summed E-state index contributed by atoms with van der Waals surface area (Å²) in [5.41, 5.74) is 1.99. The minimum atomic E-state index is -1.28. The van der Waals surface area contributed by atoms with Crippen LogP contribution in [-0.4, -0.2) is 92.3 Å². The number of nitrogens with one attached hydrogen (secondary N) is 2. The molecule has 0 spiro atoms. The van der Waals surface area contributed by atoms with Gasteiger partial charge in [-0.25, -0.2) is 4.98 Å². The first kappa shape index (κ1) is 40.4. The number of nitrogens with zero attached hydrogens (tertiary/aromatic N) is 5. The number of carboxylic acid groups (broad SMARTS) is 1. The molecule has 16 heteroatoms. The second-order valence-electron chi connectivity index (χ2n) is 13.7. The van der Waals surface area contributed by atoms with Gasteiger partial charge >= 0.3 is 5.97 Å². The Labute approximate surface area is 360 Å². The van der Waals surface area contributed by atoms with Crippen LogP contribution >= 0.6 is 58.8 Å². The summed E-state index contributed by atoms with van der Waals surface area (Å²) in [5.74, 6) is -1.74. The molecule has 3 atom stereocenters. The number of hydrogen-bond donors (Lipinski definition) is 3. The lowest BCUT2D eigenvalue weighted by Gasteiger charge is -2.53. The number of aromatic nitrogens is 1. The summed E-state index contributed by atoms with van der Waals surface area (Å²) in [5, 5.41) is 26.1. The van der Waals surface area contributed by atoms with Crippen LogP contribution in [0.3, 0.4) is 0 Å². The summed E-state index contributed by atoms with van der Waals surface area (Å²) in [6.45, 7) is 2.66. The number of rotatable bonds is 13. The topological polar surface area (TPSA) is 140 Å². The molecule has 294 valence electrons. The summed E-state index contributed by atoms with van der Waals surface area (Å²) in [7, 11) is 1.99. The van der Waals surface area contributed by atoms with Gasteiger partial charge in [-0.3, -0.25) is 14.4 Å². The van der Waals surface area contributed by atoms with Crippen LogP contribution in [0.2, 0.25) is 0 Å². The standard InChI is InChI=1S/C41H39N7O5S3.HI/c1-3-53-45-33(31-23-55-39(42-31)44-41(27-13-7-4-8-14-27,28-15-9-5-10-16-28)29-17-11-6-12-18-29)35(49)43-34-36(50)47-24-40(38(51)52,25-56-37(34)47)20-19-30-22-54-32-21-46(2)26-48(30)32;/h4-23,34,37H,3,24-26H2,1-2H3,(H,42,44)(H,43,49)(H,51,52);1H/t34-,37-,40?;/m1./s1. The Kier molecular flexibility index (Phi) is 12.0. The van der Waals surface area contributed by atoms with Crippen molar-refractivity contribution in [3.05, 3.63) is 153 Å². The number of hydrogen-bond acceptors (Lipinski definition) is 12. The zero-order valence-electron chi connectivity index (χ0n) is 31.0. The number of carboxylic acids is 1. The van der Waals surface area contributed by atoms with Crippen molar-refractivity contribution in [2.24, 2.45) is 10.6 Å². The molecular weight excluding hydrogens is 894 g/mol. The maximum atomic E-state index is 13.9. The van der Waals surface area contributed by atoms with Gasteiger partial charge in [-0.15, -0.1) is 47.1 Å². The van der Waals surface area contributed by atoms with E-state index in [2.05, 4.69) is 62.0 Å². The Balaban J connectivity index is 0.00000496. The van der Waals surface area contributed by atoms with Crippen molar-refractivity contribution in [2.45, 2.75) is 23.9 Å². The first-order chi connectivity index (χ1) is 27.2. The van der Waals surface area contributed by atoms with Crippen molar-refractivity contribution in [1.82, 2.24) is 25.0 Å². The smallest absolute Gasteiger partial charge is 0.316 e. The number of benzene rings is 3. The number of anilines is 1. The Morgan fingerprint density at radius 2 is 1.67 bits per heavy atom. The second-order valence-corrected chi connectivity index (χ2v) is 16.6. The van der Waals surface area contributed by atoms with Gasteiger partial charge < -0.3 is 35.3 Å². The predicted octanol–water partition coefficient (Wildman–Crippen LogP) is 6.52. The molecule has 0 aliphatic carbocycles. The molecule has 2 fully saturated rings. The van der Waals surface area contributed by atoms with E-state index < -0.39 is 34.2 Å². The van der Waals surface area contributed by atoms with Gasteiger partial charge in [0.05, 0.1) is 11.7 Å². The van der Waals surface area contributed by atoms with Gasteiger partial charge in [-0.05, 0) is 29.7 Å². The zero-order valence-corrected chi connectivity index (χ0v) is 35.8. The molecule has 5 heterocycles. The molecule has 57 heavy (non-hydrogen) atoms. The Hall–Kier alpha value is -4.78. The predicted molar refractivity (Wildman–Crippen MR) is 236 cm³/mol. The van der Waals surface area contributed by atoms with Crippen LogP contribution in [0, 0.1) is 5.41 Å². The number of carbonyl (C=O) groups is 3. The third kappa shape index (κ3) is 7.67. The molecule has 12 nitrogen and oxygen atoms in total. The van der Waals surface area contributed by atoms with Gasteiger partial charge in [-0.1, -0.05) is 114 Å². The van der Waals surface area contributed by atoms with Gasteiger partial charge in [0.2, 0.25) is 5.91 Å². The SMILES string of the molecule is CCON=C(C(=O)N[C@@H]1C(=O)N2CC(C=CC3=CSC4=CN(C)CN34)(C(=O)O)CS[C@H]12)c1csc(NC(c2ccccc2)(c2ccccc2)c2ccccc2)n1.I. The molecule has 2 amide bonds. The number of thioether (sulfide) groups is 2. The van der Waals surface area contributed by atoms with Gasteiger partial charge in [0, 0.05) is 42.0 Å². The lowest BCUT2D eigenvalue weighted by atomic mass is 9.77. The van der Waals surface area contributed by atoms with Crippen molar-refractivity contribution in [3.8, 4) is 0 Å². The molecule has 2 saturated heterocycles. The Morgan fingerprint density at radius 3 is 2.26 bits per heavy atom. The summed E-state index contributed by atoms with van der Waals surface area (Å²) in [6.07, 6.45) is 5.59. The van der Waals surface area contributed by atoms with Crippen LogP contribution in [0.25, 0.3) is 0 Å². The number of halogens is 1. The fourth-order valence-electron chi connectivity index (χ4n) is 7.27. The van der Waals surface area contributed by atoms with E-state index in [-0.39, 0.29) is 60.2 Å². The molecule has 4 aromatic rings. The van der Waals surface area contributed by atoms with E-state index in [1.54, 1.807) is 30.1 Å². The fraction of sp³-hybridized carbons (Fsp3) is 0.244. The maximum absolute atomic E-state index is 13.9. The van der Waals surface area contributed by atoms with Crippen LogP contribution in [0.5, 0.6) is 0 Å². The fourth-order valence-corrected chi connectivity index (χ4v) is 10.5. The van der Waals surface area contributed by atoms with E-state index in [1.807, 2.05) is 79.3 Å². The summed E-state index contributed by atoms with van der Waals surface area (Å²) < 4.78 is 0. The lowest BCUT2D eigenvalue weighted by Crippen LogP contribution is -2.73.